The number of aromatic nitrogens is 2. The molecule has 0 fully saturated rings. The standard InChI is InChI=1S/C20H16N2O/c1-23-16-10-12-20-18(14-16)21-17(19-8-5-13-22(19)20)11-9-15-6-3-2-4-7-15/h2-14H,1H3/b11-9+. The van der Waals surface area contributed by atoms with Crippen LogP contribution in [0.2, 0.25) is 0 Å². The van der Waals surface area contributed by atoms with Crippen molar-refractivity contribution in [1.82, 2.24) is 9.38 Å². The average molecular weight is 300 g/mol. The van der Waals surface area contributed by atoms with Crippen molar-refractivity contribution in [2.24, 2.45) is 0 Å². The Morgan fingerprint density at radius 3 is 2.61 bits per heavy atom. The normalized spacial score (nSPS) is 11.5. The SMILES string of the molecule is COc1ccc2c(c1)nc(/C=C/c1ccccc1)c1cccn12. The van der Waals surface area contributed by atoms with Gasteiger partial charge in [0, 0.05) is 12.3 Å². The summed E-state index contributed by atoms with van der Waals surface area (Å²) in [5.74, 6) is 0.814. The molecular weight excluding hydrogens is 284 g/mol. The molecule has 0 bridgehead atoms. The number of fused-ring (bicyclic) bond motifs is 3. The fourth-order valence-corrected chi connectivity index (χ4v) is 2.77. The van der Waals surface area contributed by atoms with Crippen LogP contribution in [0.4, 0.5) is 0 Å². The Balaban J connectivity index is 1.90. The van der Waals surface area contributed by atoms with E-state index in [0.717, 1.165) is 33.6 Å². The maximum atomic E-state index is 5.32. The zero-order valence-electron chi connectivity index (χ0n) is 12.8. The summed E-state index contributed by atoms with van der Waals surface area (Å²) >= 11 is 0. The molecule has 0 atom stereocenters. The molecule has 3 nitrogen and oxygen atoms in total. The average Bonchev–Trinajstić information content (AvgIpc) is 3.10. The van der Waals surface area contributed by atoms with Crippen LogP contribution in [-0.4, -0.2) is 16.5 Å². The minimum atomic E-state index is 0.814. The van der Waals surface area contributed by atoms with E-state index >= 15 is 0 Å². The second kappa shape index (κ2) is 5.61. The predicted molar refractivity (Wildman–Crippen MR) is 94.6 cm³/mol. The fraction of sp³-hybridized carbons (Fsp3) is 0.0500. The number of rotatable bonds is 3. The third-order valence-electron chi connectivity index (χ3n) is 3.93. The largest absolute Gasteiger partial charge is 0.497 e. The number of nitrogens with zero attached hydrogens (tertiary/aromatic N) is 2. The maximum absolute atomic E-state index is 5.32. The van der Waals surface area contributed by atoms with Gasteiger partial charge in [0.1, 0.15) is 5.75 Å². The lowest BCUT2D eigenvalue weighted by Crippen LogP contribution is -1.94. The molecule has 0 spiro atoms. The van der Waals surface area contributed by atoms with Crippen LogP contribution >= 0.6 is 0 Å². The molecule has 0 saturated heterocycles. The minimum absolute atomic E-state index is 0.814. The predicted octanol–water partition coefficient (Wildman–Crippen LogP) is 4.67. The summed E-state index contributed by atoms with van der Waals surface area (Å²) in [6.45, 7) is 0. The summed E-state index contributed by atoms with van der Waals surface area (Å²) in [4.78, 5) is 4.81. The molecule has 2 heterocycles. The van der Waals surface area contributed by atoms with Gasteiger partial charge in [0.15, 0.2) is 0 Å². The molecule has 0 N–H and O–H groups in total. The van der Waals surface area contributed by atoms with E-state index in [-0.39, 0.29) is 0 Å². The quantitative estimate of drug-likeness (QED) is 0.550. The first-order valence-corrected chi connectivity index (χ1v) is 7.53. The summed E-state index contributed by atoms with van der Waals surface area (Å²) in [5.41, 5.74) is 5.18. The molecule has 0 saturated carbocycles. The second-order valence-corrected chi connectivity index (χ2v) is 5.36. The van der Waals surface area contributed by atoms with Crippen LogP contribution in [0.15, 0.2) is 66.9 Å². The Morgan fingerprint density at radius 1 is 0.913 bits per heavy atom. The van der Waals surface area contributed by atoms with Gasteiger partial charge in [-0.15, -0.1) is 0 Å². The highest BCUT2D eigenvalue weighted by atomic mass is 16.5. The first kappa shape index (κ1) is 13.6. The van der Waals surface area contributed by atoms with Gasteiger partial charge >= 0.3 is 0 Å². The fourth-order valence-electron chi connectivity index (χ4n) is 2.77. The van der Waals surface area contributed by atoms with E-state index in [1.54, 1.807) is 7.11 Å². The summed E-state index contributed by atoms with van der Waals surface area (Å²) < 4.78 is 7.48. The first-order chi connectivity index (χ1) is 11.3. The third kappa shape index (κ3) is 2.46. The van der Waals surface area contributed by atoms with Crippen LogP contribution in [-0.2, 0) is 0 Å². The minimum Gasteiger partial charge on any atom is -0.497 e. The molecular formula is C20H16N2O. The molecule has 23 heavy (non-hydrogen) atoms. The van der Waals surface area contributed by atoms with Crippen LogP contribution in [0.3, 0.4) is 0 Å². The summed E-state index contributed by atoms with van der Waals surface area (Å²) in [7, 11) is 1.67. The van der Waals surface area contributed by atoms with Crippen molar-refractivity contribution in [3.05, 3.63) is 78.1 Å². The molecule has 0 aliphatic carbocycles. The van der Waals surface area contributed by atoms with Crippen molar-refractivity contribution in [3.8, 4) is 5.75 Å². The van der Waals surface area contributed by atoms with E-state index in [0.29, 0.717) is 0 Å². The highest BCUT2D eigenvalue weighted by Crippen LogP contribution is 2.24. The molecule has 4 aromatic rings. The number of hydrogen-bond acceptors (Lipinski definition) is 2. The van der Waals surface area contributed by atoms with E-state index in [2.05, 4.69) is 40.9 Å². The molecule has 2 aromatic heterocycles. The van der Waals surface area contributed by atoms with Crippen LogP contribution < -0.4 is 4.74 Å². The van der Waals surface area contributed by atoms with Crippen molar-refractivity contribution >= 4 is 28.7 Å². The Bertz CT molecular complexity index is 1000. The zero-order chi connectivity index (χ0) is 15.6. The van der Waals surface area contributed by atoms with Crippen molar-refractivity contribution in [1.29, 1.82) is 0 Å². The van der Waals surface area contributed by atoms with Gasteiger partial charge in [-0.3, -0.25) is 0 Å². The summed E-state index contributed by atoms with van der Waals surface area (Å²) in [6.07, 6.45) is 6.20. The van der Waals surface area contributed by atoms with Crippen molar-refractivity contribution in [2.75, 3.05) is 7.11 Å². The van der Waals surface area contributed by atoms with E-state index in [9.17, 15) is 0 Å². The van der Waals surface area contributed by atoms with Crippen LogP contribution in [0.5, 0.6) is 5.75 Å². The maximum Gasteiger partial charge on any atom is 0.121 e. The summed E-state index contributed by atoms with van der Waals surface area (Å²) in [6, 6.07) is 20.3. The molecule has 4 rings (SSSR count). The zero-order valence-corrected chi connectivity index (χ0v) is 12.8. The number of benzene rings is 2. The van der Waals surface area contributed by atoms with E-state index < -0.39 is 0 Å². The van der Waals surface area contributed by atoms with Gasteiger partial charge in [-0.2, -0.15) is 0 Å². The Kier molecular flexibility index (Phi) is 3.31. The first-order valence-electron chi connectivity index (χ1n) is 7.53. The van der Waals surface area contributed by atoms with Crippen molar-refractivity contribution in [3.63, 3.8) is 0 Å². The molecule has 0 aliphatic heterocycles. The summed E-state index contributed by atoms with van der Waals surface area (Å²) in [5, 5.41) is 0. The van der Waals surface area contributed by atoms with Crippen LogP contribution in [0, 0.1) is 0 Å². The lowest BCUT2D eigenvalue weighted by Gasteiger charge is -2.07. The molecule has 2 aromatic carbocycles. The van der Waals surface area contributed by atoms with Gasteiger partial charge in [0.25, 0.3) is 0 Å². The van der Waals surface area contributed by atoms with Gasteiger partial charge < -0.3 is 9.14 Å². The highest BCUT2D eigenvalue weighted by molar-refractivity contribution is 5.86. The Labute approximate surface area is 134 Å². The lowest BCUT2D eigenvalue weighted by atomic mass is 10.2. The molecule has 0 unspecified atom stereocenters. The molecule has 0 radical (unpaired) electrons. The van der Waals surface area contributed by atoms with Crippen molar-refractivity contribution < 1.29 is 4.74 Å². The Hall–Kier alpha value is -3.07. The van der Waals surface area contributed by atoms with Gasteiger partial charge in [-0.05, 0) is 35.9 Å². The monoisotopic (exact) mass is 300 g/mol. The van der Waals surface area contributed by atoms with Crippen LogP contribution in [0.25, 0.3) is 28.7 Å². The molecule has 3 heteroatoms. The van der Waals surface area contributed by atoms with Gasteiger partial charge in [-0.25, -0.2) is 4.98 Å². The number of methoxy groups -OCH3 is 1. The van der Waals surface area contributed by atoms with E-state index in [4.69, 9.17) is 9.72 Å². The van der Waals surface area contributed by atoms with Gasteiger partial charge in [-0.1, -0.05) is 36.4 Å². The second-order valence-electron chi connectivity index (χ2n) is 5.36. The molecule has 0 amide bonds. The van der Waals surface area contributed by atoms with Gasteiger partial charge in [0.05, 0.1) is 29.4 Å². The van der Waals surface area contributed by atoms with Crippen molar-refractivity contribution in [2.45, 2.75) is 0 Å². The smallest absolute Gasteiger partial charge is 0.121 e. The Morgan fingerprint density at radius 2 is 1.78 bits per heavy atom. The third-order valence-corrected chi connectivity index (χ3v) is 3.93. The molecule has 0 aliphatic rings. The highest BCUT2D eigenvalue weighted by Gasteiger charge is 2.07. The topological polar surface area (TPSA) is 26.5 Å². The van der Waals surface area contributed by atoms with E-state index in [1.807, 2.05) is 42.5 Å². The van der Waals surface area contributed by atoms with Crippen LogP contribution in [0.1, 0.15) is 11.3 Å². The van der Waals surface area contributed by atoms with Gasteiger partial charge in [0.2, 0.25) is 0 Å². The van der Waals surface area contributed by atoms with E-state index in [1.165, 1.54) is 0 Å². The lowest BCUT2D eigenvalue weighted by molar-refractivity contribution is 0.415. The molecule has 112 valence electrons. The number of hydrogen-bond donors (Lipinski definition) is 0. The number of ether oxygens (including phenoxy) is 1.